The van der Waals surface area contributed by atoms with Crippen molar-refractivity contribution in [3.63, 3.8) is 0 Å². The lowest BCUT2D eigenvalue weighted by atomic mass is 9.71. The quantitative estimate of drug-likeness (QED) is 0.843. The molecular weight excluding hydrogens is 258 g/mol. The van der Waals surface area contributed by atoms with E-state index in [-0.39, 0.29) is 18.1 Å². The third kappa shape index (κ3) is 3.44. The van der Waals surface area contributed by atoms with Gasteiger partial charge in [0.15, 0.2) is 0 Å². The molecule has 0 spiro atoms. The minimum atomic E-state index is -0.472. The van der Waals surface area contributed by atoms with Gasteiger partial charge in [-0.2, -0.15) is 0 Å². The van der Waals surface area contributed by atoms with Gasteiger partial charge in [-0.15, -0.1) is 0 Å². The van der Waals surface area contributed by atoms with E-state index in [4.69, 9.17) is 9.47 Å². The Bertz CT molecular complexity index is 346. The Hall–Kier alpha value is -0.810. The summed E-state index contributed by atoms with van der Waals surface area (Å²) in [6, 6.07) is 0. The van der Waals surface area contributed by atoms with Crippen molar-refractivity contribution < 1.29 is 19.4 Å². The maximum Gasteiger partial charge on any atom is 0.410 e. The molecule has 0 bridgehead atoms. The molecule has 2 fully saturated rings. The molecule has 0 saturated carbocycles. The average Bonchev–Trinajstić information content (AvgIpc) is 2.84. The third-order valence-electron chi connectivity index (χ3n) is 4.44. The number of hydrogen-bond acceptors (Lipinski definition) is 4. The van der Waals surface area contributed by atoms with Crippen LogP contribution in [0, 0.1) is 11.3 Å². The largest absolute Gasteiger partial charge is 0.444 e. The predicted octanol–water partition coefficient (Wildman–Crippen LogP) is 2.03. The molecule has 0 aromatic carbocycles. The van der Waals surface area contributed by atoms with E-state index in [0.717, 1.165) is 32.5 Å². The van der Waals surface area contributed by atoms with Crippen molar-refractivity contribution in [3.05, 3.63) is 0 Å². The van der Waals surface area contributed by atoms with Crippen molar-refractivity contribution in [1.29, 1.82) is 0 Å². The minimum Gasteiger partial charge on any atom is -0.444 e. The molecule has 2 saturated heterocycles. The molecule has 2 rings (SSSR count). The molecule has 1 amide bonds. The highest BCUT2D eigenvalue weighted by Crippen LogP contribution is 2.42. The third-order valence-corrected chi connectivity index (χ3v) is 4.44. The van der Waals surface area contributed by atoms with E-state index in [1.54, 1.807) is 4.90 Å². The van der Waals surface area contributed by atoms with Crippen molar-refractivity contribution in [1.82, 2.24) is 4.90 Å². The second-order valence-corrected chi connectivity index (χ2v) is 7.06. The van der Waals surface area contributed by atoms with Gasteiger partial charge in [0.05, 0.1) is 6.61 Å². The molecule has 0 aromatic heterocycles. The van der Waals surface area contributed by atoms with E-state index in [0.29, 0.717) is 19.0 Å². The summed E-state index contributed by atoms with van der Waals surface area (Å²) >= 11 is 0. The highest BCUT2D eigenvalue weighted by molar-refractivity contribution is 5.68. The minimum absolute atomic E-state index is 0.136. The topological polar surface area (TPSA) is 59.0 Å². The fourth-order valence-electron chi connectivity index (χ4n) is 3.28. The number of ether oxygens (including phenoxy) is 2. The first-order chi connectivity index (χ1) is 9.36. The van der Waals surface area contributed by atoms with Crippen molar-refractivity contribution in [2.45, 2.75) is 45.6 Å². The Morgan fingerprint density at radius 1 is 1.40 bits per heavy atom. The van der Waals surface area contributed by atoms with Gasteiger partial charge in [0.1, 0.15) is 5.60 Å². The van der Waals surface area contributed by atoms with Crippen LogP contribution in [-0.4, -0.2) is 54.6 Å². The molecule has 1 atom stereocenters. The van der Waals surface area contributed by atoms with Gasteiger partial charge in [0.2, 0.25) is 0 Å². The normalized spacial score (nSPS) is 28.7. The predicted molar refractivity (Wildman–Crippen MR) is 75.5 cm³/mol. The fraction of sp³-hybridized carbons (Fsp3) is 0.933. The number of likely N-dealkylation sites (tertiary alicyclic amines) is 1. The van der Waals surface area contributed by atoms with Gasteiger partial charge in [-0.1, -0.05) is 0 Å². The van der Waals surface area contributed by atoms with E-state index in [1.165, 1.54) is 0 Å². The first-order valence-electron chi connectivity index (χ1n) is 7.53. The number of aliphatic hydroxyl groups excluding tert-OH is 1. The first-order valence-corrected chi connectivity index (χ1v) is 7.53. The van der Waals surface area contributed by atoms with Crippen LogP contribution < -0.4 is 0 Å². The first kappa shape index (κ1) is 15.6. The number of nitrogens with zero attached hydrogens (tertiary/aromatic N) is 1. The Morgan fingerprint density at radius 3 is 2.60 bits per heavy atom. The maximum atomic E-state index is 12.1. The summed E-state index contributed by atoms with van der Waals surface area (Å²) in [7, 11) is 0. The van der Waals surface area contributed by atoms with Crippen LogP contribution in [0.3, 0.4) is 0 Å². The molecule has 1 N–H and O–H groups in total. The van der Waals surface area contributed by atoms with Gasteiger partial charge in [-0.3, -0.25) is 0 Å². The van der Waals surface area contributed by atoms with Gasteiger partial charge >= 0.3 is 6.09 Å². The molecule has 2 aliphatic heterocycles. The van der Waals surface area contributed by atoms with Gasteiger partial charge in [-0.05, 0) is 46.0 Å². The number of carbonyl (C=O) groups excluding carboxylic acids is 1. The van der Waals surface area contributed by atoms with Crippen LogP contribution in [0.4, 0.5) is 4.79 Å². The van der Waals surface area contributed by atoms with Crippen molar-refractivity contribution in [2.75, 3.05) is 32.9 Å². The van der Waals surface area contributed by atoms with E-state index >= 15 is 0 Å². The van der Waals surface area contributed by atoms with Gasteiger partial charge in [-0.25, -0.2) is 4.79 Å². The Balaban J connectivity index is 1.99. The Kier molecular flexibility index (Phi) is 4.59. The van der Waals surface area contributed by atoms with Crippen LogP contribution in [0.1, 0.15) is 40.0 Å². The smallest absolute Gasteiger partial charge is 0.410 e. The SMILES string of the molecule is CC(C)(C)OC(=O)N1CCC(CO)(C2CCOCC2)C1. The summed E-state index contributed by atoms with van der Waals surface area (Å²) in [5.41, 5.74) is -0.638. The van der Waals surface area contributed by atoms with Gasteiger partial charge in [0, 0.05) is 31.7 Å². The number of rotatable bonds is 2. The number of aliphatic hydroxyl groups is 1. The van der Waals surface area contributed by atoms with Crippen LogP contribution >= 0.6 is 0 Å². The summed E-state index contributed by atoms with van der Waals surface area (Å²) in [6.45, 7) is 8.56. The second-order valence-electron chi connectivity index (χ2n) is 7.06. The summed E-state index contributed by atoms with van der Waals surface area (Å²) < 4.78 is 10.8. The van der Waals surface area contributed by atoms with Gasteiger partial charge in [0.25, 0.3) is 0 Å². The summed E-state index contributed by atoms with van der Waals surface area (Å²) in [5, 5.41) is 9.88. The van der Waals surface area contributed by atoms with Crippen molar-refractivity contribution in [2.24, 2.45) is 11.3 Å². The standard InChI is InChI=1S/C15H27NO4/c1-14(2,3)20-13(18)16-7-6-15(10-16,11-17)12-4-8-19-9-5-12/h12,17H,4-11H2,1-3H3. The van der Waals surface area contributed by atoms with Crippen molar-refractivity contribution >= 4 is 6.09 Å². The molecule has 2 aliphatic rings. The van der Waals surface area contributed by atoms with E-state index in [1.807, 2.05) is 20.8 Å². The number of amides is 1. The summed E-state index contributed by atoms with van der Waals surface area (Å²) in [5.74, 6) is 0.439. The molecule has 116 valence electrons. The molecule has 0 radical (unpaired) electrons. The molecule has 0 aromatic rings. The monoisotopic (exact) mass is 285 g/mol. The number of carbonyl (C=O) groups is 1. The fourth-order valence-corrected chi connectivity index (χ4v) is 3.28. The average molecular weight is 285 g/mol. The van der Waals surface area contributed by atoms with Crippen LogP contribution in [0.5, 0.6) is 0 Å². The lowest BCUT2D eigenvalue weighted by molar-refractivity contribution is -0.0162. The lowest BCUT2D eigenvalue weighted by Crippen LogP contribution is -2.42. The molecular formula is C15H27NO4. The second kappa shape index (κ2) is 5.90. The Labute approximate surface area is 121 Å². The van der Waals surface area contributed by atoms with Crippen LogP contribution in [0.25, 0.3) is 0 Å². The van der Waals surface area contributed by atoms with Crippen LogP contribution in [0.2, 0.25) is 0 Å². The van der Waals surface area contributed by atoms with E-state index in [9.17, 15) is 9.90 Å². The highest BCUT2D eigenvalue weighted by Gasteiger charge is 2.46. The molecule has 5 heteroatoms. The molecule has 2 heterocycles. The molecule has 0 aliphatic carbocycles. The van der Waals surface area contributed by atoms with E-state index < -0.39 is 5.60 Å². The number of hydrogen-bond donors (Lipinski definition) is 1. The van der Waals surface area contributed by atoms with E-state index in [2.05, 4.69) is 0 Å². The summed E-state index contributed by atoms with van der Waals surface area (Å²) in [4.78, 5) is 13.9. The maximum absolute atomic E-state index is 12.1. The molecule has 1 unspecified atom stereocenters. The van der Waals surface area contributed by atoms with Crippen molar-refractivity contribution in [3.8, 4) is 0 Å². The lowest BCUT2D eigenvalue weighted by Gasteiger charge is -2.38. The zero-order valence-corrected chi connectivity index (χ0v) is 12.9. The Morgan fingerprint density at radius 2 is 2.05 bits per heavy atom. The van der Waals surface area contributed by atoms with Crippen LogP contribution in [0.15, 0.2) is 0 Å². The molecule has 5 nitrogen and oxygen atoms in total. The molecule has 20 heavy (non-hydrogen) atoms. The zero-order chi connectivity index (χ0) is 14.8. The van der Waals surface area contributed by atoms with Gasteiger partial charge < -0.3 is 19.5 Å². The zero-order valence-electron chi connectivity index (χ0n) is 12.9. The van der Waals surface area contributed by atoms with Crippen LogP contribution in [-0.2, 0) is 9.47 Å². The summed E-state index contributed by atoms with van der Waals surface area (Å²) in [6.07, 6.45) is 2.54. The highest BCUT2D eigenvalue weighted by atomic mass is 16.6.